The number of oxazole rings is 1. The number of benzene rings is 9. The summed E-state index contributed by atoms with van der Waals surface area (Å²) in [6.07, 6.45) is 0. The molecule has 0 aliphatic heterocycles. The van der Waals surface area contributed by atoms with E-state index in [9.17, 15) is 0 Å². The highest BCUT2D eigenvalue weighted by molar-refractivity contribution is 7.25. The zero-order valence-electron chi connectivity index (χ0n) is 30.8. The molecular formula is C53H34N2OS. The van der Waals surface area contributed by atoms with Crippen LogP contribution in [0.3, 0.4) is 0 Å². The average Bonchev–Trinajstić information content (AvgIpc) is 3.86. The molecular weight excluding hydrogens is 713 g/mol. The Kier molecular flexibility index (Phi) is 8.01. The molecule has 4 heteroatoms. The van der Waals surface area contributed by atoms with Crippen LogP contribution in [0.25, 0.3) is 86.9 Å². The van der Waals surface area contributed by atoms with Gasteiger partial charge in [-0.3, -0.25) is 0 Å². The molecule has 9 aromatic carbocycles. The SMILES string of the molecule is c1ccc(-c2cccc(N(c3ccc(-c4cccc5ccccc45)c(-c4ccccc4)c3)c3ccc4c(c3)sc3cc5nc(-c6ccccc6)oc5cc34)c2)cc1. The molecule has 0 N–H and O–H groups in total. The van der Waals surface area contributed by atoms with Crippen molar-refractivity contribution in [1.29, 1.82) is 0 Å². The number of hydrogen-bond donors (Lipinski definition) is 0. The normalized spacial score (nSPS) is 11.5. The molecule has 0 spiro atoms. The fraction of sp³-hybridized carbons (Fsp3) is 0. The third kappa shape index (κ3) is 5.95. The quantitative estimate of drug-likeness (QED) is 0.163. The number of hydrogen-bond acceptors (Lipinski definition) is 4. The van der Waals surface area contributed by atoms with E-state index in [1.165, 1.54) is 64.3 Å². The Morgan fingerprint density at radius 2 is 1.02 bits per heavy atom. The van der Waals surface area contributed by atoms with Gasteiger partial charge in [0, 0.05) is 42.8 Å². The summed E-state index contributed by atoms with van der Waals surface area (Å²) in [6, 6.07) is 73.7. The summed E-state index contributed by atoms with van der Waals surface area (Å²) in [5, 5.41) is 4.85. The van der Waals surface area contributed by atoms with E-state index in [-0.39, 0.29) is 0 Å². The lowest BCUT2D eigenvalue weighted by atomic mass is 9.90. The number of fused-ring (bicyclic) bond motifs is 5. The van der Waals surface area contributed by atoms with Crippen molar-refractivity contribution in [3.8, 4) is 44.8 Å². The van der Waals surface area contributed by atoms with Gasteiger partial charge in [-0.2, -0.15) is 0 Å². The molecule has 2 heterocycles. The van der Waals surface area contributed by atoms with Crippen LogP contribution in [0.1, 0.15) is 0 Å². The molecule has 0 aliphatic rings. The molecule has 0 saturated carbocycles. The van der Waals surface area contributed by atoms with Crippen LogP contribution in [-0.2, 0) is 0 Å². The Hall–Kier alpha value is -7.27. The van der Waals surface area contributed by atoms with Gasteiger partial charge in [0.25, 0.3) is 0 Å². The van der Waals surface area contributed by atoms with Gasteiger partial charge in [-0.1, -0.05) is 146 Å². The largest absolute Gasteiger partial charge is 0.436 e. The lowest BCUT2D eigenvalue weighted by Crippen LogP contribution is -2.10. The van der Waals surface area contributed by atoms with Crippen LogP contribution in [0.5, 0.6) is 0 Å². The summed E-state index contributed by atoms with van der Waals surface area (Å²) >= 11 is 1.80. The van der Waals surface area contributed by atoms with Gasteiger partial charge in [-0.15, -0.1) is 11.3 Å². The van der Waals surface area contributed by atoms with Crippen LogP contribution < -0.4 is 4.90 Å². The van der Waals surface area contributed by atoms with E-state index in [0.717, 1.165) is 33.7 Å². The van der Waals surface area contributed by atoms with Crippen molar-refractivity contribution in [3.05, 3.63) is 206 Å². The van der Waals surface area contributed by atoms with Gasteiger partial charge in [0.15, 0.2) is 5.58 Å². The highest BCUT2D eigenvalue weighted by atomic mass is 32.1. The summed E-state index contributed by atoms with van der Waals surface area (Å²) in [5.41, 5.74) is 13.0. The highest BCUT2D eigenvalue weighted by Crippen LogP contribution is 2.45. The summed E-state index contributed by atoms with van der Waals surface area (Å²) in [4.78, 5) is 7.27. The van der Waals surface area contributed by atoms with Crippen LogP contribution >= 0.6 is 11.3 Å². The van der Waals surface area contributed by atoms with Crippen LogP contribution in [0.4, 0.5) is 17.1 Å². The highest BCUT2D eigenvalue weighted by Gasteiger charge is 2.20. The zero-order chi connectivity index (χ0) is 37.7. The first kappa shape index (κ1) is 33.1. The number of nitrogens with zero attached hydrogens (tertiary/aromatic N) is 2. The van der Waals surface area contributed by atoms with E-state index in [2.05, 4.69) is 181 Å². The summed E-state index contributed by atoms with van der Waals surface area (Å²) in [6.45, 7) is 0. The van der Waals surface area contributed by atoms with Gasteiger partial charge in [-0.05, 0) is 105 Å². The molecule has 0 amide bonds. The monoisotopic (exact) mass is 746 g/mol. The average molecular weight is 747 g/mol. The molecule has 268 valence electrons. The van der Waals surface area contributed by atoms with Crippen molar-refractivity contribution in [3.63, 3.8) is 0 Å². The van der Waals surface area contributed by atoms with Crippen LogP contribution in [0.15, 0.2) is 211 Å². The maximum absolute atomic E-state index is 6.30. The maximum Gasteiger partial charge on any atom is 0.227 e. The van der Waals surface area contributed by atoms with E-state index in [1.807, 2.05) is 30.3 Å². The lowest BCUT2D eigenvalue weighted by Gasteiger charge is -2.27. The smallest absolute Gasteiger partial charge is 0.227 e. The second-order valence-electron chi connectivity index (χ2n) is 14.4. The van der Waals surface area contributed by atoms with E-state index in [4.69, 9.17) is 9.40 Å². The van der Waals surface area contributed by atoms with Gasteiger partial charge in [0.1, 0.15) is 5.52 Å². The maximum atomic E-state index is 6.30. The number of aromatic nitrogens is 1. The molecule has 11 rings (SSSR count). The third-order valence-electron chi connectivity index (χ3n) is 10.9. The van der Waals surface area contributed by atoms with Gasteiger partial charge >= 0.3 is 0 Å². The fourth-order valence-corrected chi connectivity index (χ4v) is 9.31. The van der Waals surface area contributed by atoms with Crippen LogP contribution in [-0.4, -0.2) is 4.98 Å². The topological polar surface area (TPSA) is 29.3 Å². The van der Waals surface area contributed by atoms with Crippen molar-refractivity contribution in [1.82, 2.24) is 4.98 Å². The predicted octanol–water partition coefficient (Wildman–Crippen LogP) is 15.5. The third-order valence-corrected chi connectivity index (χ3v) is 12.0. The number of anilines is 3. The molecule has 0 saturated heterocycles. The van der Waals surface area contributed by atoms with Crippen LogP contribution in [0, 0.1) is 0 Å². The first-order valence-corrected chi connectivity index (χ1v) is 20.0. The first-order chi connectivity index (χ1) is 28.2. The molecule has 0 bridgehead atoms. The van der Waals surface area contributed by atoms with Crippen LogP contribution in [0.2, 0.25) is 0 Å². The van der Waals surface area contributed by atoms with Crippen molar-refractivity contribution in [2.24, 2.45) is 0 Å². The Bertz CT molecular complexity index is 3230. The number of rotatable bonds is 7. The van der Waals surface area contributed by atoms with Crippen molar-refractivity contribution >= 4 is 70.4 Å². The Balaban J connectivity index is 1.09. The van der Waals surface area contributed by atoms with E-state index >= 15 is 0 Å². The standard InChI is InChI=1S/C53H34N2OS/c1-4-14-35(15-5-1)39-22-12-23-40(30-39)55(41-26-28-45(47(31-41)37-16-6-2-7-17-37)44-25-13-21-36-18-10-11-24-43(36)44)42-27-29-46-48-33-50-49(34-52(48)57-51(46)32-42)54-53(56-50)38-19-8-3-9-20-38/h1-34H. The lowest BCUT2D eigenvalue weighted by molar-refractivity contribution is 0.620. The second kappa shape index (κ2) is 13.8. The predicted molar refractivity (Wildman–Crippen MR) is 241 cm³/mol. The molecule has 0 radical (unpaired) electrons. The second-order valence-corrected chi connectivity index (χ2v) is 15.4. The summed E-state index contributed by atoms with van der Waals surface area (Å²) in [5.74, 6) is 0.643. The summed E-state index contributed by atoms with van der Waals surface area (Å²) < 4.78 is 8.70. The Morgan fingerprint density at radius 1 is 0.386 bits per heavy atom. The molecule has 0 fully saturated rings. The van der Waals surface area contributed by atoms with Gasteiger partial charge in [0.2, 0.25) is 5.89 Å². The van der Waals surface area contributed by atoms with E-state index in [0.29, 0.717) is 5.89 Å². The fourth-order valence-electron chi connectivity index (χ4n) is 8.15. The minimum absolute atomic E-state index is 0.643. The van der Waals surface area contributed by atoms with E-state index < -0.39 is 0 Å². The molecule has 2 aromatic heterocycles. The number of thiophene rings is 1. The minimum Gasteiger partial charge on any atom is -0.436 e. The summed E-state index contributed by atoms with van der Waals surface area (Å²) in [7, 11) is 0. The molecule has 0 unspecified atom stereocenters. The van der Waals surface area contributed by atoms with Gasteiger partial charge in [-0.25, -0.2) is 4.98 Å². The Morgan fingerprint density at radius 3 is 1.84 bits per heavy atom. The van der Waals surface area contributed by atoms with Gasteiger partial charge in [0.05, 0.1) is 0 Å². The molecule has 3 nitrogen and oxygen atoms in total. The molecule has 11 aromatic rings. The molecule has 0 atom stereocenters. The molecule has 0 aliphatic carbocycles. The van der Waals surface area contributed by atoms with Gasteiger partial charge < -0.3 is 9.32 Å². The van der Waals surface area contributed by atoms with Crippen molar-refractivity contribution in [2.45, 2.75) is 0 Å². The first-order valence-electron chi connectivity index (χ1n) is 19.2. The zero-order valence-corrected chi connectivity index (χ0v) is 31.7. The molecule has 57 heavy (non-hydrogen) atoms. The minimum atomic E-state index is 0.643. The van der Waals surface area contributed by atoms with Crippen molar-refractivity contribution < 1.29 is 4.42 Å². The van der Waals surface area contributed by atoms with Crippen molar-refractivity contribution in [2.75, 3.05) is 4.90 Å². The Labute approximate surface area is 334 Å². The van der Waals surface area contributed by atoms with E-state index in [1.54, 1.807) is 11.3 Å².